The van der Waals surface area contributed by atoms with Crippen molar-refractivity contribution in [3.05, 3.63) is 64.6 Å². The molecule has 2 aromatic heterocycles. The average Bonchev–Trinajstić information content (AvgIpc) is 3.11. The standard InChI is InChI=1S/C20H18N4OS/c1-13-18(26-12-22-13)11-21-20-17-6-4-3-5-16(17)19(23-24-20)14-7-9-15(25-2)10-8-14/h3-10,12H,11H2,1-2H3,(H,21,24). The lowest BCUT2D eigenvalue weighted by Gasteiger charge is -2.11. The number of anilines is 1. The molecule has 2 aromatic carbocycles. The molecule has 4 rings (SSSR count). The van der Waals surface area contributed by atoms with Crippen LogP contribution in [-0.4, -0.2) is 22.3 Å². The fraction of sp³-hybridized carbons (Fsp3) is 0.150. The molecule has 0 bridgehead atoms. The van der Waals surface area contributed by atoms with Crippen LogP contribution >= 0.6 is 11.3 Å². The summed E-state index contributed by atoms with van der Waals surface area (Å²) in [4.78, 5) is 5.50. The number of aryl methyl sites for hydroxylation is 1. The highest BCUT2D eigenvalue weighted by Crippen LogP contribution is 2.31. The lowest BCUT2D eigenvalue weighted by Crippen LogP contribution is -2.04. The van der Waals surface area contributed by atoms with Gasteiger partial charge in [-0.3, -0.25) is 0 Å². The van der Waals surface area contributed by atoms with Gasteiger partial charge in [-0.15, -0.1) is 21.5 Å². The number of hydrogen-bond acceptors (Lipinski definition) is 6. The summed E-state index contributed by atoms with van der Waals surface area (Å²) in [6, 6.07) is 16.1. The first-order valence-electron chi connectivity index (χ1n) is 8.29. The van der Waals surface area contributed by atoms with Crippen LogP contribution in [0.15, 0.2) is 54.0 Å². The Morgan fingerprint density at radius 3 is 2.46 bits per heavy atom. The highest BCUT2D eigenvalue weighted by molar-refractivity contribution is 7.09. The Kier molecular flexibility index (Phi) is 4.50. The van der Waals surface area contributed by atoms with Crippen molar-refractivity contribution in [2.75, 3.05) is 12.4 Å². The molecule has 0 spiro atoms. The van der Waals surface area contributed by atoms with Crippen LogP contribution in [0.5, 0.6) is 5.75 Å². The van der Waals surface area contributed by atoms with Crippen LogP contribution in [0.2, 0.25) is 0 Å². The zero-order valence-electron chi connectivity index (χ0n) is 14.6. The van der Waals surface area contributed by atoms with E-state index in [1.54, 1.807) is 18.4 Å². The maximum absolute atomic E-state index is 5.24. The van der Waals surface area contributed by atoms with Gasteiger partial charge in [-0.25, -0.2) is 4.98 Å². The number of rotatable bonds is 5. The first-order valence-corrected chi connectivity index (χ1v) is 9.17. The Labute approximate surface area is 155 Å². The van der Waals surface area contributed by atoms with Gasteiger partial charge in [0.25, 0.3) is 0 Å². The molecule has 6 heteroatoms. The van der Waals surface area contributed by atoms with E-state index in [1.165, 1.54) is 4.88 Å². The van der Waals surface area contributed by atoms with Crippen molar-refractivity contribution in [2.24, 2.45) is 0 Å². The van der Waals surface area contributed by atoms with Crippen LogP contribution in [0, 0.1) is 6.92 Å². The topological polar surface area (TPSA) is 59.9 Å². The summed E-state index contributed by atoms with van der Waals surface area (Å²) in [5.74, 6) is 1.61. The molecule has 0 fully saturated rings. The van der Waals surface area contributed by atoms with E-state index in [9.17, 15) is 0 Å². The lowest BCUT2D eigenvalue weighted by molar-refractivity contribution is 0.415. The van der Waals surface area contributed by atoms with Crippen LogP contribution in [-0.2, 0) is 6.54 Å². The molecule has 26 heavy (non-hydrogen) atoms. The third kappa shape index (κ3) is 3.11. The minimum absolute atomic E-state index is 0.692. The molecule has 0 saturated heterocycles. The van der Waals surface area contributed by atoms with E-state index >= 15 is 0 Å². The van der Waals surface area contributed by atoms with Gasteiger partial charge in [0.05, 0.1) is 24.9 Å². The zero-order chi connectivity index (χ0) is 17.9. The van der Waals surface area contributed by atoms with Gasteiger partial charge in [-0.2, -0.15) is 0 Å². The third-order valence-corrected chi connectivity index (χ3v) is 5.25. The monoisotopic (exact) mass is 362 g/mol. The molecule has 0 radical (unpaired) electrons. The smallest absolute Gasteiger partial charge is 0.156 e. The van der Waals surface area contributed by atoms with Crippen LogP contribution < -0.4 is 10.1 Å². The maximum atomic E-state index is 5.24. The van der Waals surface area contributed by atoms with Gasteiger partial charge < -0.3 is 10.1 Å². The van der Waals surface area contributed by atoms with E-state index in [-0.39, 0.29) is 0 Å². The third-order valence-electron chi connectivity index (χ3n) is 4.31. The molecule has 2 heterocycles. The summed E-state index contributed by atoms with van der Waals surface area (Å²) < 4.78 is 5.24. The van der Waals surface area contributed by atoms with Crippen molar-refractivity contribution in [3.63, 3.8) is 0 Å². The Morgan fingerprint density at radius 2 is 1.77 bits per heavy atom. The number of fused-ring (bicyclic) bond motifs is 1. The molecule has 0 unspecified atom stereocenters. The minimum atomic E-state index is 0.692. The number of ether oxygens (including phenoxy) is 1. The number of nitrogens with zero attached hydrogens (tertiary/aromatic N) is 3. The van der Waals surface area contributed by atoms with Gasteiger partial charge in [0.1, 0.15) is 11.4 Å². The molecule has 0 atom stereocenters. The molecule has 5 nitrogen and oxygen atoms in total. The summed E-state index contributed by atoms with van der Waals surface area (Å²) in [5.41, 5.74) is 4.79. The zero-order valence-corrected chi connectivity index (χ0v) is 15.4. The Balaban J connectivity index is 1.72. The van der Waals surface area contributed by atoms with E-state index in [2.05, 4.69) is 32.6 Å². The summed E-state index contributed by atoms with van der Waals surface area (Å²) in [5, 5.41) is 14.5. The van der Waals surface area contributed by atoms with E-state index in [4.69, 9.17) is 4.74 Å². The van der Waals surface area contributed by atoms with Gasteiger partial charge in [0.2, 0.25) is 0 Å². The van der Waals surface area contributed by atoms with E-state index in [1.807, 2.05) is 48.8 Å². The van der Waals surface area contributed by atoms with Crippen molar-refractivity contribution in [1.29, 1.82) is 0 Å². The second kappa shape index (κ2) is 7.09. The maximum Gasteiger partial charge on any atom is 0.156 e. The SMILES string of the molecule is COc1ccc(-c2nnc(NCc3scnc3C)c3ccccc23)cc1. The second-order valence-electron chi connectivity index (χ2n) is 5.89. The second-order valence-corrected chi connectivity index (χ2v) is 6.83. The number of methoxy groups -OCH3 is 1. The van der Waals surface area contributed by atoms with Crippen LogP contribution in [0.25, 0.3) is 22.0 Å². The number of aromatic nitrogens is 3. The summed E-state index contributed by atoms with van der Waals surface area (Å²) in [6.45, 7) is 2.71. The molecule has 0 aliphatic heterocycles. The minimum Gasteiger partial charge on any atom is -0.497 e. The van der Waals surface area contributed by atoms with E-state index in [0.29, 0.717) is 6.54 Å². The predicted molar refractivity (Wildman–Crippen MR) is 106 cm³/mol. The van der Waals surface area contributed by atoms with Crippen molar-refractivity contribution in [2.45, 2.75) is 13.5 Å². The fourth-order valence-corrected chi connectivity index (χ4v) is 3.57. The molecule has 0 amide bonds. The van der Waals surface area contributed by atoms with Crippen LogP contribution in [0.1, 0.15) is 10.6 Å². The fourth-order valence-electron chi connectivity index (χ4n) is 2.86. The van der Waals surface area contributed by atoms with Gasteiger partial charge in [-0.1, -0.05) is 24.3 Å². The number of benzene rings is 2. The van der Waals surface area contributed by atoms with E-state index in [0.717, 1.165) is 39.3 Å². The van der Waals surface area contributed by atoms with Crippen LogP contribution in [0.3, 0.4) is 0 Å². The van der Waals surface area contributed by atoms with Gasteiger partial charge >= 0.3 is 0 Å². The first kappa shape index (κ1) is 16.5. The van der Waals surface area contributed by atoms with Gasteiger partial charge in [0, 0.05) is 21.2 Å². The van der Waals surface area contributed by atoms with E-state index < -0.39 is 0 Å². The Morgan fingerprint density at radius 1 is 1.00 bits per heavy atom. The largest absolute Gasteiger partial charge is 0.497 e. The first-order chi connectivity index (χ1) is 12.8. The molecule has 1 N–H and O–H groups in total. The molecule has 0 aliphatic rings. The summed E-state index contributed by atoms with van der Waals surface area (Å²) in [7, 11) is 1.66. The lowest BCUT2D eigenvalue weighted by atomic mass is 10.0. The molecule has 0 aliphatic carbocycles. The van der Waals surface area contributed by atoms with Crippen molar-refractivity contribution in [1.82, 2.24) is 15.2 Å². The van der Waals surface area contributed by atoms with Gasteiger partial charge in [-0.05, 0) is 31.2 Å². The molecular weight excluding hydrogens is 344 g/mol. The molecule has 4 aromatic rings. The number of nitrogens with one attached hydrogen (secondary N) is 1. The molecular formula is C20H18N4OS. The average molecular weight is 362 g/mol. The quantitative estimate of drug-likeness (QED) is 0.558. The van der Waals surface area contributed by atoms with Crippen molar-refractivity contribution < 1.29 is 4.74 Å². The highest BCUT2D eigenvalue weighted by atomic mass is 32.1. The summed E-state index contributed by atoms with van der Waals surface area (Å²) in [6.07, 6.45) is 0. The number of hydrogen-bond donors (Lipinski definition) is 1. The normalized spacial score (nSPS) is 10.8. The summed E-state index contributed by atoms with van der Waals surface area (Å²) >= 11 is 1.64. The van der Waals surface area contributed by atoms with Crippen LogP contribution in [0.4, 0.5) is 5.82 Å². The van der Waals surface area contributed by atoms with Crippen molar-refractivity contribution >= 4 is 27.9 Å². The number of thiazole rings is 1. The highest BCUT2D eigenvalue weighted by Gasteiger charge is 2.11. The predicted octanol–water partition coefficient (Wildman–Crippen LogP) is 4.68. The Bertz CT molecular complexity index is 1040. The van der Waals surface area contributed by atoms with Crippen molar-refractivity contribution in [3.8, 4) is 17.0 Å². The Hall–Kier alpha value is -2.99. The molecule has 0 saturated carbocycles. The van der Waals surface area contributed by atoms with Gasteiger partial charge in [0.15, 0.2) is 5.82 Å². The molecule has 130 valence electrons.